The van der Waals surface area contributed by atoms with Crippen LogP contribution in [0.1, 0.15) is 20.8 Å². The topological polar surface area (TPSA) is 83.2 Å². The first-order valence-corrected chi connectivity index (χ1v) is 7.95. The van der Waals surface area contributed by atoms with Crippen LogP contribution in [0.3, 0.4) is 0 Å². The molecule has 0 bridgehead atoms. The molecule has 3 aromatic rings. The highest BCUT2D eigenvalue weighted by atomic mass is 16.5. The van der Waals surface area contributed by atoms with E-state index in [2.05, 4.69) is 15.6 Å². The van der Waals surface area contributed by atoms with Crippen LogP contribution in [0.2, 0.25) is 0 Å². The average molecular weight is 337 g/mol. The lowest BCUT2D eigenvalue weighted by atomic mass is 10.2. The van der Waals surface area contributed by atoms with E-state index >= 15 is 0 Å². The van der Waals surface area contributed by atoms with Crippen LogP contribution in [0, 0.1) is 0 Å². The van der Waals surface area contributed by atoms with E-state index in [-0.39, 0.29) is 11.8 Å². The number of methoxy groups -OCH3 is 1. The number of hydrogen-bond acceptors (Lipinski definition) is 3. The lowest BCUT2D eigenvalue weighted by Gasteiger charge is -2.06. The van der Waals surface area contributed by atoms with Crippen molar-refractivity contribution in [2.24, 2.45) is 0 Å². The first-order valence-electron chi connectivity index (χ1n) is 7.95. The zero-order valence-electron chi connectivity index (χ0n) is 13.8. The van der Waals surface area contributed by atoms with E-state index in [9.17, 15) is 9.59 Å². The number of nitrogens with one attached hydrogen (secondary N) is 3. The predicted molar refractivity (Wildman–Crippen MR) is 96.0 cm³/mol. The summed E-state index contributed by atoms with van der Waals surface area (Å²) in [4.78, 5) is 27.2. The van der Waals surface area contributed by atoms with Gasteiger partial charge in [0.15, 0.2) is 0 Å². The fourth-order valence-electron chi connectivity index (χ4n) is 2.49. The van der Waals surface area contributed by atoms with Gasteiger partial charge in [0, 0.05) is 35.6 Å². The third-order valence-electron chi connectivity index (χ3n) is 3.81. The Morgan fingerprint density at radius 3 is 2.40 bits per heavy atom. The van der Waals surface area contributed by atoms with Crippen molar-refractivity contribution < 1.29 is 14.3 Å². The van der Waals surface area contributed by atoms with Gasteiger partial charge >= 0.3 is 0 Å². The van der Waals surface area contributed by atoms with Gasteiger partial charge in [-0.3, -0.25) is 9.59 Å². The minimum Gasteiger partial charge on any atom is -0.497 e. The van der Waals surface area contributed by atoms with Crippen molar-refractivity contribution in [1.29, 1.82) is 0 Å². The van der Waals surface area contributed by atoms with Crippen LogP contribution < -0.4 is 15.4 Å². The lowest BCUT2D eigenvalue weighted by Crippen LogP contribution is -2.34. The van der Waals surface area contributed by atoms with Gasteiger partial charge in [0.25, 0.3) is 11.8 Å². The minimum absolute atomic E-state index is 0.160. The number of fused-ring (bicyclic) bond motifs is 1. The van der Waals surface area contributed by atoms with Crippen molar-refractivity contribution >= 4 is 22.7 Å². The van der Waals surface area contributed by atoms with E-state index in [0.29, 0.717) is 24.3 Å². The monoisotopic (exact) mass is 337 g/mol. The number of aromatic amines is 1. The van der Waals surface area contributed by atoms with E-state index in [1.807, 2.05) is 36.4 Å². The molecule has 0 fully saturated rings. The summed E-state index contributed by atoms with van der Waals surface area (Å²) in [5.41, 5.74) is 1.90. The van der Waals surface area contributed by atoms with Crippen molar-refractivity contribution in [1.82, 2.24) is 15.6 Å². The Labute approximate surface area is 145 Å². The number of aromatic nitrogens is 1. The first-order chi connectivity index (χ1) is 12.2. The van der Waals surface area contributed by atoms with E-state index in [4.69, 9.17) is 4.74 Å². The Hall–Kier alpha value is -3.28. The zero-order valence-corrected chi connectivity index (χ0v) is 13.8. The Kier molecular flexibility index (Phi) is 4.99. The average Bonchev–Trinajstić information content (AvgIpc) is 3.08. The summed E-state index contributed by atoms with van der Waals surface area (Å²) < 4.78 is 5.17. The normalized spacial score (nSPS) is 10.4. The lowest BCUT2D eigenvalue weighted by molar-refractivity contribution is 0.0925. The molecular weight excluding hydrogens is 318 g/mol. The molecule has 3 rings (SSSR count). The van der Waals surface area contributed by atoms with Gasteiger partial charge in [-0.1, -0.05) is 18.2 Å². The van der Waals surface area contributed by atoms with Crippen LogP contribution >= 0.6 is 0 Å². The zero-order chi connectivity index (χ0) is 17.6. The minimum atomic E-state index is -0.218. The van der Waals surface area contributed by atoms with Crippen molar-refractivity contribution in [2.75, 3.05) is 20.2 Å². The largest absolute Gasteiger partial charge is 0.497 e. The van der Waals surface area contributed by atoms with Gasteiger partial charge in [0.05, 0.1) is 7.11 Å². The van der Waals surface area contributed by atoms with Crippen molar-refractivity contribution in [3.8, 4) is 5.75 Å². The molecule has 0 saturated heterocycles. The fraction of sp³-hybridized carbons (Fsp3) is 0.158. The number of amides is 2. The summed E-state index contributed by atoms with van der Waals surface area (Å²) in [6, 6.07) is 16.3. The number of H-pyrrole nitrogens is 1. The van der Waals surface area contributed by atoms with E-state index in [0.717, 1.165) is 16.7 Å². The van der Waals surface area contributed by atoms with Gasteiger partial charge in [-0.05, 0) is 30.3 Å². The second kappa shape index (κ2) is 7.53. The summed E-state index contributed by atoms with van der Waals surface area (Å²) in [6.45, 7) is 0.698. The summed E-state index contributed by atoms with van der Waals surface area (Å²) in [6.07, 6.45) is 0. The number of ether oxygens (including phenoxy) is 1. The predicted octanol–water partition coefficient (Wildman–Crippen LogP) is 2.34. The van der Waals surface area contributed by atoms with Crippen LogP contribution in [-0.4, -0.2) is 37.0 Å². The molecule has 0 atom stereocenters. The van der Waals surface area contributed by atoms with Crippen molar-refractivity contribution in [2.45, 2.75) is 0 Å². The van der Waals surface area contributed by atoms with Crippen molar-refractivity contribution in [3.05, 3.63) is 65.9 Å². The molecule has 0 radical (unpaired) electrons. The highest BCUT2D eigenvalue weighted by Crippen LogP contribution is 2.21. The van der Waals surface area contributed by atoms with Gasteiger partial charge in [-0.2, -0.15) is 0 Å². The molecule has 0 saturated carbocycles. The van der Waals surface area contributed by atoms with Crippen LogP contribution in [0.5, 0.6) is 5.75 Å². The number of hydrogen-bond donors (Lipinski definition) is 3. The molecule has 2 aromatic carbocycles. The number of carbonyl (C=O) groups excluding carboxylic acids is 2. The third-order valence-corrected chi connectivity index (χ3v) is 3.81. The summed E-state index contributed by atoms with van der Waals surface area (Å²) >= 11 is 0. The van der Waals surface area contributed by atoms with Crippen molar-refractivity contribution in [3.63, 3.8) is 0 Å². The van der Waals surface area contributed by atoms with E-state index < -0.39 is 0 Å². The van der Waals surface area contributed by atoms with E-state index in [1.54, 1.807) is 25.3 Å². The highest BCUT2D eigenvalue weighted by molar-refractivity contribution is 5.98. The molecule has 0 aliphatic rings. The molecule has 0 spiro atoms. The maximum absolute atomic E-state index is 12.2. The summed E-state index contributed by atoms with van der Waals surface area (Å²) in [7, 11) is 1.60. The fourth-order valence-corrected chi connectivity index (χ4v) is 2.49. The molecule has 1 aromatic heterocycles. The quantitative estimate of drug-likeness (QED) is 0.604. The highest BCUT2D eigenvalue weighted by Gasteiger charge is 2.10. The third kappa shape index (κ3) is 3.98. The summed E-state index contributed by atoms with van der Waals surface area (Å²) in [5, 5.41) is 6.48. The Morgan fingerprint density at radius 1 is 0.960 bits per heavy atom. The number of benzene rings is 2. The molecule has 2 amide bonds. The van der Waals surface area contributed by atoms with Crippen LogP contribution in [0.25, 0.3) is 10.9 Å². The Morgan fingerprint density at radius 2 is 1.68 bits per heavy atom. The molecule has 3 N–H and O–H groups in total. The molecular formula is C19H19N3O3. The van der Waals surface area contributed by atoms with Crippen LogP contribution in [0.4, 0.5) is 0 Å². The smallest absolute Gasteiger partial charge is 0.267 e. The maximum atomic E-state index is 12.2. The molecule has 0 unspecified atom stereocenters. The molecule has 6 nitrogen and oxygen atoms in total. The van der Waals surface area contributed by atoms with Gasteiger partial charge in [0.2, 0.25) is 0 Å². The number of rotatable bonds is 6. The molecule has 25 heavy (non-hydrogen) atoms. The second-order valence-corrected chi connectivity index (χ2v) is 5.51. The van der Waals surface area contributed by atoms with Gasteiger partial charge in [-0.15, -0.1) is 0 Å². The summed E-state index contributed by atoms with van der Waals surface area (Å²) in [5.74, 6) is 0.349. The SMILES string of the molecule is COc1ccc2cc(C(=O)NCCNC(=O)c3ccccc3)[nH]c2c1. The number of carbonyl (C=O) groups is 2. The second-order valence-electron chi connectivity index (χ2n) is 5.51. The van der Waals surface area contributed by atoms with Gasteiger partial charge in [-0.25, -0.2) is 0 Å². The maximum Gasteiger partial charge on any atom is 0.267 e. The molecule has 0 aliphatic heterocycles. The van der Waals surface area contributed by atoms with Gasteiger partial charge in [0.1, 0.15) is 11.4 Å². The Bertz CT molecular complexity index is 887. The molecule has 6 heteroatoms. The Balaban J connectivity index is 1.52. The first kappa shape index (κ1) is 16.6. The van der Waals surface area contributed by atoms with Gasteiger partial charge < -0.3 is 20.4 Å². The molecule has 1 heterocycles. The molecule has 128 valence electrons. The molecule has 0 aliphatic carbocycles. The van der Waals surface area contributed by atoms with E-state index in [1.165, 1.54) is 0 Å². The van der Waals surface area contributed by atoms with Crippen LogP contribution in [0.15, 0.2) is 54.6 Å². The standard InChI is InChI=1S/C19H19N3O3/c1-25-15-8-7-14-11-17(22-16(14)12-15)19(24)21-10-9-20-18(23)13-5-3-2-4-6-13/h2-8,11-12,22H,9-10H2,1H3,(H,20,23)(H,21,24). The van der Waals surface area contributed by atoms with Crippen LogP contribution in [-0.2, 0) is 0 Å².